The lowest BCUT2D eigenvalue weighted by molar-refractivity contribution is 0.587. The Morgan fingerprint density at radius 2 is 2.08 bits per heavy atom. The van der Waals surface area contributed by atoms with E-state index in [1.807, 2.05) is 0 Å². The van der Waals surface area contributed by atoms with Crippen molar-refractivity contribution < 1.29 is 4.39 Å². The first-order valence-electron chi connectivity index (χ1n) is 3.48. The van der Waals surface area contributed by atoms with Crippen molar-refractivity contribution in [3.8, 4) is 11.3 Å². The molecule has 0 unspecified atom stereocenters. The average molecular weight is 200 g/mol. The number of pyridine rings is 1. The Morgan fingerprint density at radius 3 is 2.69 bits per heavy atom. The van der Waals surface area contributed by atoms with Crippen LogP contribution in [0.4, 0.5) is 4.39 Å². The van der Waals surface area contributed by atoms with E-state index in [1.54, 1.807) is 24.4 Å². The number of hydrogen-bond donors (Lipinski definition) is 1. The van der Waals surface area contributed by atoms with Gasteiger partial charge in [0, 0.05) is 12.4 Å². The van der Waals surface area contributed by atoms with Crippen LogP contribution >= 0.6 is 12.4 Å². The van der Waals surface area contributed by atoms with Gasteiger partial charge >= 0.3 is 0 Å². The summed E-state index contributed by atoms with van der Waals surface area (Å²) < 4.78 is 13.0. The Labute approximate surface area is 80.4 Å². The second-order valence-corrected chi connectivity index (χ2v) is 2.31. The van der Waals surface area contributed by atoms with Gasteiger partial charge in [0.05, 0.1) is 11.3 Å². The van der Waals surface area contributed by atoms with Crippen LogP contribution in [-0.2, 0) is 0 Å². The molecule has 0 aliphatic heterocycles. The summed E-state index contributed by atoms with van der Waals surface area (Å²) in [5, 5.41) is 6.38. The molecule has 0 atom stereocenters. The lowest BCUT2D eigenvalue weighted by Gasteiger charge is -1.96. The molecule has 0 saturated carbocycles. The molecule has 0 aliphatic rings. The van der Waals surface area contributed by atoms with Crippen LogP contribution in [0.25, 0.3) is 11.3 Å². The molecule has 3 nitrogen and oxygen atoms in total. The van der Waals surface area contributed by atoms with Crippen LogP contribution in [0, 0.1) is 5.95 Å². The van der Waals surface area contributed by atoms with Crippen molar-refractivity contribution in [2.75, 3.05) is 0 Å². The first-order chi connectivity index (χ1) is 5.88. The number of aromatic amines is 1. The van der Waals surface area contributed by atoms with E-state index < -0.39 is 5.95 Å². The van der Waals surface area contributed by atoms with E-state index in [1.165, 1.54) is 6.20 Å². The minimum Gasteiger partial charge on any atom is -0.278 e. The molecular formula is C8H7ClFN3. The molecule has 0 amide bonds. The zero-order valence-corrected chi connectivity index (χ0v) is 7.38. The van der Waals surface area contributed by atoms with Gasteiger partial charge in [0.15, 0.2) is 0 Å². The van der Waals surface area contributed by atoms with Crippen LogP contribution < -0.4 is 0 Å². The number of H-pyrrole nitrogens is 1. The Morgan fingerprint density at radius 1 is 1.23 bits per heavy atom. The molecule has 2 aromatic heterocycles. The van der Waals surface area contributed by atoms with E-state index in [4.69, 9.17) is 0 Å². The first kappa shape index (κ1) is 9.67. The second kappa shape index (κ2) is 4.00. The normalized spacial score (nSPS) is 9.31. The molecule has 0 radical (unpaired) electrons. The van der Waals surface area contributed by atoms with Gasteiger partial charge in [0.2, 0.25) is 5.95 Å². The maximum atomic E-state index is 13.0. The highest BCUT2D eigenvalue weighted by molar-refractivity contribution is 5.85. The standard InChI is InChI=1S/C8H6FN3.ClH/c9-8-6(2-1-4-10-8)7-3-5-11-12-7;/h1-5H,(H,11,12);1H. The highest BCUT2D eigenvalue weighted by Crippen LogP contribution is 2.17. The number of halogens is 2. The minimum atomic E-state index is -0.484. The number of hydrogen-bond acceptors (Lipinski definition) is 2. The fraction of sp³-hybridized carbons (Fsp3) is 0. The molecule has 0 aliphatic carbocycles. The van der Waals surface area contributed by atoms with E-state index >= 15 is 0 Å². The van der Waals surface area contributed by atoms with E-state index in [0.29, 0.717) is 11.3 Å². The summed E-state index contributed by atoms with van der Waals surface area (Å²) >= 11 is 0. The molecule has 0 spiro atoms. The van der Waals surface area contributed by atoms with Crippen LogP contribution in [0.2, 0.25) is 0 Å². The predicted molar refractivity (Wildman–Crippen MR) is 49.0 cm³/mol. The maximum Gasteiger partial charge on any atom is 0.222 e. The van der Waals surface area contributed by atoms with E-state index in [0.717, 1.165) is 0 Å². The molecule has 0 fully saturated rings. The van der Waals surface area contributed by atoms with Crippen molar-refractivity contribution in [2.45, 2.75) is 0 Å². The summed E-state index contributed by atoms with van der Waals surface area (Å²) in [5.41, 5.74) is 1.08. The van der Waals surface area contributed by atoms with E-state index in [2.05, 4.69) is 15.2 Å². The summed E-state index contributed by atoms with van der Waals surface area (Å²) in [6.07, 6.45) is 2.98. The number of nitrogens with zero attached hydrogens (tertiary/aromatic N) is 2. The highest BCUT2D eigenvalue weighted by Gasteiger charge is 2.04. The monoisotopic (exact) mass is 199 g/mol. The lowest BCUT2D eigenvalue weighted by atomic mass is 10.2. The summed E-state index contributed by atoms with van der Waals surface area (Å²) in [6, 6.07) is 5.02. The molecule has 2 rings (SSSR count). The summed E-state index contributed by atoms with van der Waals surface area (Å²) in [5.74, 6) is -0.484. The van der Waals surface area contributed by atoms with Crippen LogP contribution in [0.15, 0.2) is 30.6 Å². The van der Waals surface area contributed by atoms with E-state index in [9.17, 15) is 4.39 Å². The van der Waals surface area contributed by atoms with Gasteiger partial charge in [-0.05, 0) is 18.2 Å². The highest BCUT2D eigenvalue weighted by atomic mass is 35.5. The van der Waals surface area contributed by atoms with Gasteiger partial charge in [-0.3, -0.25) is 5.10 Å². The van der Waals surface area contributed by atoms with E-state index in [-0.39, 0.29) is 12.4 Å². The van der Waals surface area contributed by atoms with Gasteiger partial charge < -0.3 is 0 Å². The molecule has 0 bridgehead atoms. The maximum absolute atomic E-state index is 13.0. The molecule has 68 valence electrons. The Hall–Kier alpha value is -1.42. The number of rotatable bonds is 1. The van der Waals surface area contributed by atoms with Gasteiger partial charge in [-0.2, -0.15) is 9.49 Å². The van der Waals surface area contributed by atoms with Crippen LogP contribution in [0.3, 0.4) is 0 Å². The first-order valence-corrected chi connectivity index (χ1v) is 3.48. The van der Waals surface area contributed by atoms with Crippen molar-refractivity contribution in [1.82, 2.24) is 15.2 Å². The fourth-order valence-corrected chi connectivity index (χ4v) is 0.993. The summed E-state index contributed by atoms with van der Waals surface area (Å²) in [6.45, 7) is 0. The molecule has 2 aromatic rings. The molecule has 2 heterocycles. The largest absolute Gasteiger partial charge is 0.278 e. The average Bonchev–Trinajstić information content (AvgIpc) is 2.57. The van der Waals surface area contributed by atoms with Gasteiger partial charge in [0.1, 0.15) is 0 Å². The molecule has 0 aromatic carbocycles. The third-order valence-corrected chi connectivity index (χ3v) is 1.55. The summed E-state index contributed by atoms with van der Waals surface area (Å²) in [7, 11) is 0. The molecule has 1 N–H and O–H groups in total. The zero-order valence-electron chi connectivity index (χ0n) is 6.57. The van der Waals surface area contributed by atoms with Crippen molar-refractivity contribution in [2.24, 2.45) is 0 Å². The third kappa shape index (κ3) is 1.84. The zero-order chi connectivity index (χ0) is 8.39. The lowest BCUT2D eigenvalue weighted by Crippen LogP contribution is -1.87. The third-order valence-electron chi connectivity index (χ3n) is 1.55. The molecule has 0 saturated heterocycles. The van der Waals surface area contributed by atoms with Gasteiger partial charge in [-0.1, -0.05) is 0 Å². The van der Waals surface area contributed by atoms with Gasteiger partial charge in [0.25, 0.3) is 0 Å². The Kier molecular flexibility index (Phi) is 2.97. The molecule has 5 heteroatoms. The topological polar surface area (TPSA) is 41.6 Å². The minimum absolute atomic E-state index is 0. The fourth-order valence-electron chi connectivity index (χ4n) is 0.993. The van der Waals surface area contributed by atoms with Crippen molar-refractivity contribution in [3.63, 3.8) is 0 Å². The SMILES string of the molecule is Cl.Fc1ncccc1-c1ccn[nH]1. The quantitative estimate of drug-likeness (QED) is 0.714. The Bertz CT molecular complexity index is 375. The number of aromatic nitrogens is 3. The van der Waals surface area contributed by atoms with Crippen LogP contribution in [0.5, 0.6) is 0 Å². The van der Waals surface area contributed by atoms with Crippen LogP contribution in [-0.4, -0.2) is 15.2 Å². The second-order valence-electron chi connectivity index (χ2n) is 2.31. The number of nitrogens with one attached hydrogen (secondary N) is 1. The van der Waals surface area contributed by atoms with Crippen molar-refractivity contribution >= 4 is 12.4 Å². The van der Waals surface area contributed by atoms with Gasteiger partial charge in [-0.15, -0.1) is 12.4 Å². The molecular weight excluding hydrogens is 193 g/mol. The molecule has 13 heavy (non-hydrogen) atoms. The summed E-state index contributed by atoms with van der Waals surface area (Å²) in [4.78, 5) is 3.52. The predicted octanol–water partition coefficient (Wildman–Crippen LogP) is 2.03. The van der Waals surface area contributed by atoms with Gasteiger partial charge in [-0.25, -0.2) is 4.98 Å². The van der Waals surface area contributed by atoms with Crippen LogP contribution in [0.1, 0.15) is 0 Å². The Balaban J connectivity index is 0.000000845. The smallest absolute Gasteiger partial charge is 0.222 e. The van der Waals surface area contributed by atoms with Crippen molar-refractivity contribution in [3.05, 3.63) is 36.5 Å². The van der Waals surface area contributed by atoms with Crippen molar-refractivity contribution in [1.29, 1.82) is 0 Å².